The van der Waals surface area contributed by atoms with E-state index < -0.39 is 6.04 Å². The smallest absolute Gasteiger partial charge is 0.322 e. The molecule has 0 bridgehead atoms. The molecule has 7 heteroatoms. The van der Waals surface area contributed by atoms with Crippen LogP contribution in [0.5, 0.6) is 0 Å². The number of amides is 3. The highest BCUT2D eigenvalue weighted by molar-refractivity contribution is 6.31. The van der Waals surface area contributed by atoms with Gasteiger partial charge in [-0.2, -0.15) is 0 Å². The Morgan fingerprint density at radius 2 is 1.88 bits per heavy atom. The van der Waals surface area contributed by atoms with E-state index in [4.69, 9.17) is 23.2 Å². The van der Waals surface area contributed by atoms with Crippen molar-refractivity contribution >= 4 is 40.8 Å². The molecular formula is C17H15Cl2N3O2. The Kier molecular flexibility index (Phi) is 4.92. The molecule has 1 fully saturated rings. The van der Waals surface area contributed by atoms with E-state index in [1.165, 1.54) is 4.90 Å². The molecule has 1 saturated heterocycles. The van der Waals surface area contributed by atoms with E-state index >= 15 is 0 Å². The standard InChI is InChI=1S/C17H15Cl2N3O2/c18-12-6-4-11(5-7-12)15-16(23)20-8-9-22(15)17(24)21-14-3-1-2-13(19)10-14/h1-7,10,15H,8-9H2,(H,20,23)(H,21,24). The fraction of sp³-hybridized carbons (Fsp3) is 0.176. The van der Waals surface area contributed by atoms with Crippen molar-refractivity contribution in [2.45, 2.75) is 6.04 Å². The number of nitrogens with zero attached hydrogens (tertiary/aromatic N) is 1. The maximum absolute atomic E-state index is 12.6. The van der Waals surface area contributed by atoms with Crippen molar-refractivity contribution in [2.75, 3.05) is 18.4 Å². The molecule has 24 heavy (non-hydrogen) atoms. The van der Waals surface area contributed by atoms with Gasteiger partial charge in [0.05, 0.1) is 0 Å². The normalized spacial score (nSPS) is 17.3. The zero-order valence-electron chi connectivity index (χ0n) is 12.6. The molecule has 0 spiro atoms. The highest BCUT2D eigenvalue weighted by Gasteiger charge is 2.34. The number of nitrogens with one attached hydrogen (secondary N) is 2. The molecule has 2 N–H and O–H groups in total. The molecule has 1 unspecified atom stereocenters. The Hall–Kier alpha value is -2.24. The van der Waals surface area contributed by atoms with Crippen molar-refractivity contribution in [3.63, 3.8) is 0 Å². The number of hydrogen-bond acceptors (Lipinski definition) is 2. The quantitative estimate of drug-likeness (QED) is 0.854. The monoisotopic (exact) mass is 363 g/mol. The molecule has 0 aliphatic carbocycles. The summed E-state index contributed by atoms with van der Waals surface area (Å²) in [6.07, 6.45) is 0. The number of carbonyl (C=O) groups is 2. The van der Waals surface area contributed by atoms with Crippen molar-refractivity contribution in [2.24, 2.45) is 0 Å². The molecule has 3 amide bonds. The lowest BCUT2D eigenvalue weighted by Crippen LogP contribution is -2.53. The third kappa shape index (κ3) is 3.63. The van der Waals surface area contributed by atoms with Gasteiger partial charge in [-0.1, -0.05) is 41.4 Å². The number of urea groups is 1. The molecule has 124 valence electrons. The predicted octanol–water partition coefficient (Wildman–Crippen LogP) is 3.70. The van der Waals surface area contributed by atoms with Gasteiger partial charge in [-0.25, -0.2) is 4.79 Å². The van der Waals surface area contributed by atoms with Gasteiger partial charge in [-0.15, -0.1) is 0 Å². The maximum Gasteiger partial charge on any atom is 0.322 e. The second-order valence-corrected chi connectivity index (χ2v) is 6.25. The van der Waals surface area contributed by atoms with Crippen molar-refractivity contribution in [3.8, 4) is 0 Å². The van der Waals surface area contributed by atoms with Gasteiger partial charge in [0.15, 0.2) is 0 Å². The molecular weight excluding hydrogens is 349 g/mol. The molecule has 1 aliphatic heterocycles. The SMILES string of the molecule is O=C1NCCN(C(=O)Nc2cccc(Cl)c2)C1c1ccc(Cl)cc1. The van der Waals surface area contributed by atoms with Crippen LogP contribution in [0, 0.1) is 0 Å². The Morgan fingerprint density at radius 1 is 1.12 bits per heavy atom. The molecule has 2 aromatic rings. The lowest BCUT2D eigenvalue weighted by Gasteiger charge is -2.35. The molecule has 0 radical (unpaired) electrons. The molecule has 1 heterocycles. The van der Waals surface area contributed by atoms with Gasteiger partial charge in [0.25, 0.3) is 0 Å². The highest BCUT2D eigenvalue weighted by Crippen LogP contribution is 2.26. The number of rotatable bonds is 2. The largest absolute Gasteiger partial charge is 0.352 e. The van der Waals surface area contributed by atoms with E-state index in [0.717, 1.165) is 0 Å². The van der Waals surface area contributed by atoms with Crippen molar-refractivity contribution in [1.29, 1.82) is 0 Å². The first-order valence-electron chi connectivity index (χ1n) is 7.41. The van der Waals surface area contributed by atoms with Crippen LogP contribution in [0.4, 0.5) is 10.5 Å². The molecule has 0 aromatic heterocycles. The minimum Gasteiger partial charge on any atom is -0.352 e. The molecule has 1 atom stereocenters. The van der Waals surface area contributed by atoms with Gasteiger partial charge in [0.1, 0.15) is 6.04 Å². The van der Waals surface area contributed by atoms with Crippen LogP contribution in [0.25, 0.3) is 0 Å². The van der Waals surface area contributed by atoms with E-state index in [2.05, 4.69) is 10.6 Å². The Bertz CT molecular complexity index is 765. The summed E-state index contributed by atoms with van der Waals surface area (Å²) in [6.45, 7) is 0.817. The van der Waals surface area contributed by atoms with Crippen LogP contribution < -0.4 is 10.6 Å². The summed E-state index contributed by atoms with van der Waals surface area (Å²) in [7, 11) is 0. The molecule has 1 aliphatic rings. The van der Waals surface area contributed by atoms with Crippen LogP contribution >= 0.6 is 23.2 Å². The highest BCUT2D eigenvalue weighted by atomic mass is 35.5. The fourth-order valence-electron chi connectivity index (χ4n) is 2.62. The molecule has 2 aromatic carbocycles. The van der Waals surface area contributed by atoms with Gasteiger partial charge >= 0.3 is 6.03 Å². The molecule has 0 saturated carbocycles. The van der Waals surface area contributed by atoms with Gasteiger partial charge < -0.3 is 15.5 Å². The number of benzene rings is 2. The van der Waals surface area contributed by atoms with Crippen LogP contribution in [-0.4, -0.2) is 29.9 Å². The second-order valence-electron chi connectivity index (χ2n) is 5.38. The molecule has 3 rings (SSSR count). The fourth-order valence-corrected chi connectivity index (χ4v) is 2.94. The zero-order valence-corrected chi connectivity index (χ0v) is 14.1. The average Bonchev–Trinajstić information content (AvgIpc) is 2.55. The van der Waals surface area contributed by atoms with Crippen molar-refractivity contribution < 1.29 is 9.59 Å². The van der Waals surface area contributed by atoms with Crippen LogP contribution in [0.1, 0.15) is 11.6 Å². The second kappa shape index (κ2) is 7.11. The Balaban J connectivity index is 1.84. The van der Waals surface area contributed by atoms with Gasteiger partial charge in [0, 0.05) is 28.8 Å². The number of anilines is 1. The van der Waals surface area contributed by atoms with Crippen molar-refractivity contribution in [3.05, 3.63) is 64.1 Å². The summed E-state index contributed by atoms with van der Waals surface area (Å²) >= 11 is 11.8. The lowest BCUT2D eigenvalue weighted by molar-refractivity contribution is -0.127. The number of hydrogen-bond donors (Lipinski definition) is 2. The van der Waals surface area contributed by atoms with Crippen molar-refractivity contribution in [1.82, 2.24) is 10.2 Å². The number of carbonyl (C=O) groups excluding carboxylic acids is 2. The Morgan fingerprint density at radius 3 is 2.58 bits per heavy atom. The molecule has 5 nitrogen and oxygen atoms in total. The predicted molar refractivity (Wildman–Crippen MR) is 94.4 cm³/mol. The zero-order chi connectivity index (χ0) is 17.1. The van der Waals surface area contributed by atoms with Crippen LogP contribution in [0.15, 0.2) is 48.5 Å². The topological polar surface area (TPSA) is 61.4 Å². The first-order valence-corrected chi connectivity index (χ1v) is 8.16. The number of halogens is 2. The van der Waals surface area contributed by atoms with E-state index in [-0.39, 0.29) is 11.9 Å². The summed E-state index contributed by atoms with van der Waals surface area (Å²) in [4.78, 5) is 26.5. The Labute approximate surface area is 149 Å². The third-order valence-corrected chi connectivity index (χ3v) is 4.22. The maximum atomic E-state index is 12.6. The first kappa shape index (κ1) is 16.6. The summed E-state index contributed by atoms with van der Waals surface area (Å²) in [6, 6.07) is 12.7. The first-order chi connectivity index (χ1) is 11.5. The minimum absolute atomic E-state index is 0.218. The van der Waals surface area contributed by atoms with Crippen LogP contribution in [0.3, 0.4) is 0 Å². The van der Waals surface area contributed by atoms with E-state index in [9.17, 15) is 9.59 Å². The summed E-state index contributed by atoms with van der Waals surface area (Å²) in [5.74, 6) is -0.218. The summed E-state index contributed by atoms with van der Waals surface area (Å²) < 4.78 is 0. The number of piperazine rings is 1. The third-order valence-electron chi connectivity index (χ3n) is 3.73. The van der Waals surface area contributed by atoms with E-state index in [1.54, 1.807) is 48.5 Å². The van der Waals surface area contributed by atoms with E-state index in [0.29, 0.717) is 34.4 Å². The summed E-state index contributed by atoms with van der Waals surface area (Å²) in [5.41, 5.74) is 1.28. The van der Waals surface area contributed by atoms with Gasteiger partial charge in [-0.3, -0.25) is 4.79 Å². The summed E-state index contributed by atoms with van der Waals surface area (Å²) in [5, 5.41) is 6.67. The van der Waals surface area contributed by atoms with E-state index in [1.807, 2.05) is 0 Å². The van der Waals surface area contributed by atoms with Crippen LogP contribution in [0.2, 0.25) is 10.0 Å². The van der Waals surface area contributed by atoms with Gasteiger partial charge in [-0.05, 0) is 35.9 Å². The van der Waals surface area contributed by atoms with Crippen LogP contribution in [-0.2, 0) is 4.79 Å². The van der Waals surface area contributed by atoms with Gasteiger partial charge in [0.2, 0.25) is 5.91 Å². The lowest BCUT2D eigenvalue weighted by atomic mass is 10.0. The minimum atomic E-state index is -0.699. The average molecular weight is 364 g/mol.